The Balaban J connectivity index is 1.53. The van der Waals surface area contributed by atoms with Gasteiger partial charge in [-0.25, -0.2) is 14.8 Å². The third-order valence-corrected chi connectivity index (χ3v) is 5.83. The fraction of sp³-hybridized carbons (Fsp3) is 0.250. The number of hydrogen-bond donors (Lipinski definition) is 2. The molecule has 0 bridgehead atoms. The van der Waals surface area contributed by atoms with Crippen LogP contribution in [0.4, 0.5) is 5.82 Å². The second-order valence-corrected chi connectivity index (χ2v) is 8.71. The van der Waals surface area contributed by atoms with Crippen molar-refractivity contribution in [2.24, 2.45) is 5.92 Å². The Morgan fingerprint density at radius 1 is 1.06 bits per heavy atom. The Morgan fingerprint density at radius 3 is 2.65 bits per heavy atom. The van der Waals surface area contributed by atoms with E-state index in [9.17, 15) is 9.90 Å². The monoisotopic (exact) mass is 455 g/mol. The SMILES string of the molecule is COc1ccc2ccccc2c1CCNc1cc(-c2ccc(C(=O)O)c(CC(C)C)c2)ncn1. The molecule has 6 heteroatoms. The minimum Gasteiger partial charge on any atom is -0.496 e. The maximum atomic E-state index is 11.6. The quantitative estimate of drug-likeness (QED) is 0.329. The van der Waals surface area contributed by atoms with Crippen LogP contribution in [0.25, 0.3) is 22.0 Å². The molecule has 3 aromatic carbocycles. The van der Waals surface area contributed by atoms with E-state index < -0.39 is 5.97 Å². The molecular weight excluding hydrogens is 426 g/mol. The molecule has 6 nitrogen and oxygen atoms in total. The van der Waals surface area contributed by atoms with Gasteiger partial charge in [0, 0.05) is 23.7 Å². The number of ether oxygens (including phenoxy) is 1. The molecule has 2 N–H and O–H groups in total. The van der Waals surface area contributed by atoms with E-state index in [2.05, 4.69) is 47.3 Å². The van der Waals surface area contributed by atoms with Crippen LogP contribution in [0.2, 0.25) is 0 Å². The van der Waals surface area contributed by atoms with Crippen molar-refractivity contribution in [1.29, 1.82) is 0 Å². The van der Waals surface area contributed by atoms with Gasteiger partial charge in [0.25, 0.3) is 0 Å². The van der Waals surface area contributed by atoms with Crippen molar-refractivity contribution in [2.75, 3.05) is 19.0 Å². The Morgan fingerprint density at radius 2 is 1.88 bits per heavy atom. The van der Waals surface area contributed by atoms with Crippen molar-refractivity contribution in [2.45, 2.75) is 26.7 Å². The molecule has 4 aromatic rings. The largest absolute Gasteiger partial charge is 0.496 e. The molecule has 1 aromatic heterocycles. The van der Waals surface area contributed by atoms with Gasteiger partial charge in [0.1, 0.15) is 17.9 Å². The molecule has 0 saturated heterocycles. The highest BCUT2D eigenvalue weighted by Gasteiger charge is 2.14. The van der Waals surface area contributed by atoms with Gasteiger partial charge >= 0.3 is 5.97 Å². The number of nitrogens with one attached hydrogen (secondary N) is 1. The topological polar surface area (TPSA) is 84.3 Å². The molecule has 4 rings (SSSR count). The molecule has 0 fully saturated rings. The summed E-state index contributed by atoms with van der Waals surface area (Å²) < 4.78 is 5.60. The van der Waals surface area contributed by atoms with Crippen molar-refractivity contribution in [3.8, 4) is 17.0 Å². The van der Waals surface area contributed by atoms with Crippen LogP contribution in [0.5, 0.6) is 5.75 Å². The molecule has 1 heterocycles. The second kappa shape index (κ2) is 10.3. The highest BCUT2D eigenvalue weighted by Crippen LogP contribution is 2.29. The summed E-state index contributed by atoms with van der Waals surface area (Å²) >= 11 is 0. The van der Waals surface area contributed by atoms with Crippen LogP contribution in [0.1, 0.15) is 35.3 Å². The molecule has 0 aliphatic carbocycles. The first kappa shape index (κ1) is 23.2. The number of aromatic carboxylic acids is 1. The number of aromatic nitrogens is 2. The van der Waals surface area contributed by atoms with Gasteiger partial charge in [-0.15, -0.1) is 0 Å². The molecule has 0 saturated carbocycles. The number of carboxylic acid groups (broad SMARTS) is 1. The first-order valence-corrected chi connectivity index (χ1v) is 11.4. The van der Waals surface area contributed by atoms with Gasteiger partial charge in [-0.05, 0) is 53.3 Å². The second-order valence-electron chi connectivity index (χ2n) is 8.71. The Bertz CT molecular complexity index is 1320. The Labute approximate surface area is 199 Å². The molecule has 174 valence electrons. The number of carbonyl (C=O) groups is 1. The average molecular weight is 456 g/mol. The molecule has 34 heavy (non-hydrogen) atoms. The number of rotatable bonds is 9. The molecule has 0 aliphatic heterocycles. The smallest absolute Gasteiger partial charge is 0.335 e. The van der Waals surface area contributed by atoms with Gasteiger partial charge in [-0.2, -0.15) is 0 Å². The normalized spacial score (nSPS) is 11.1. The van der Waals surface area contributed by atoms with E-state index in [0.29, 0.717) is 24.4 Å². The van der Waals surface area contributed by atoms with Crippen LogP contribution in [0, 0.1) is 5.92 Å². The van der Waals surface area contributed by atoms with Gasteiger partial charge in [0.2, 0.25) is 0 Å². The van der Waals surface area contributed by atoms with Crippen LogP contribution < -0.4 is 10.1 Å². The predicted molar refractivity (Wildman–Crippen MR) is 136 cm³/mol. The van der Waals surface area contributed by atoms with Crippen molar-refractivity contribution in [3.05, 3.63) is 83.7 Å². The average Bonchev–Trinajstić information content (AvgIpc) is 2.83. The number of nitrogens with zero attached hydrogens (tertiary/aromatic N) is 2. The summed E-state index contributed by atoms with van der Waals surface area (Å²) in [7, 11) is 1.70. The van der Waals surface area contributed by atoms with Gasteiger partial charge in [0.15, 0.2) is 0 Å². The zero-order valence-corrected chi connectivity index (χ0v) is 19.7. The van der Waals surface area contributed by atoms with Crippen molar-refractivity contribution in [1.82, 2.24) is 9.97 Å². The molecule has 0 unspecified atom stereocenters. The van der Waals surface area contributed by atoms with Crippen LogP contribution in [-0.4, -0.2) is 34.7 Å². The molecule has 0 atom stereocenters. The van der Waals surface area contributed by atoms with E-state index in [4.69, 9.17) is 4.74 Å². The highest BCUT2D eigenvalue weighted by atomic mass is 16.5. The third-order valence-electron chi connectivity index (χ3n) is 5.83. The van der Waals surface area contributed by atoms with Gasteiger partial charge in [-0.3, -0.25) is 0 Å². The number of anilines is 1. The summed E-state index contributed by atoms with van der Waals surface area (Å²) in [6.45, 7) is 4.84. The first-order valence-electron chi connectivity index (χ1n) is 11.4. The molecule has 0 amide bonds. The fourth-order valence-electron chi connectivity index (χ4n) is 4.26. The summed E-state index contributed by atoms with van der Waals surface area (Å²) in [5.74, 6) is 1.04. The third kappa shape index (κ3) is 5.17. The highest BCUT2D eigenvalue weighted by molar-refractivity contribution is 5.90. The van der Waals surface area contributed by atoms with Gasteiger partial charge < -0.3 is 15.2 Å². The van der Waals surface area contributed by atoms with Crippen LogP contribution in [-0.2, 0) is 12.8 Å². The summed E-state index contributed by atoms with van der Waals surface area (Å²) in [5, 5.41) is 15.3. The Kier molecular flexibility index (Phi) is 7.07. The standard InChI is InChI=1S/C28H29N3O3/c1-18(2)14-21-15-20(8-10-23(21)28(32)33)25-16-27(31-17-30-25)29-13-12-24-22-7-5-4-6-19(22)9-11-26(24)34-3/h4-11,15-18H,12-14H2,1-3H3,(H,32,33)(H,29,30,31). The number of carboxylic acids is 1. The van der Waals surface area contributed by atoms with Gasteiger partial charge in [0.05, 0.1) is 18.4 Å². The van der Waals surface area contributed by atoms with E-state index in [1.165, 1.54) is 17.1 Å². The summed E-state index contributed by atoms with van der Waals surface area (Å²) in [6.07, 6.45) is 3.00. The molecule has 0 aliphatic rings. The van der Waals surface area contributed by atoms with E-state index in [-0.39, 0.29) is 0 Å². The molecule has 0 spiro atoms. The van der Waals surface area contributed by atoms with E-state index in [1.807, 2.05) is 30.3 Å². The number of methoxy groups -OCH3 is 1. The first-order chi connectivity index (χ1) is 16.5. The zero-order valence-electron chi connectivity index (χ0n) is 19.7. The summed E-state index contributed by atoms with van der Waals surface area (Å²) in [4.78, 5) is 20.4. The predicted octanol–water partition coefficient (Wildman–Crippen LogP) is 5.86. The van der Waals surface area contributed by atoms with Crippen molar-refractivity contribution in [3.63, 3.8) is 0 Å². The lowest BCUT2D eigenvalue weighted by molar-refractivity contribution is 0.0695. The maximum Gasteiger partial charge on any atom is 0.335 e. The number of benzene rings is 3. The van der Waals surface area contributed by atoms with Crippen LogP contribution in [0.3, 0.4) is 0 Å². The minimum atomic E-state index is -0.906. The minimum absolute atomic E-state index is 0.342. The van der Waals surface area contributed by atoms with E-state index >= 15 is 0 Å². The number of hydrogen-bond acceptors (Lipinski definition) is 5. The van der Waals surface area contributed by atoms with Crippen LogP contribution >= 0.6 is 0 Å². The lowest BCUT2D eigenvalue weighted by Crippen LogP contribution is -2.08. The van der Waals surface area contributed by atoms with E-state index in [1.54, 1.807) is 19.2 Å². The molecular formula is C28H29N3O3. The summed E-state index contributed by atoms with van der Waals surface area (Å²) in [6, 6.07) is 19.7. The lowest BCUT2D eigenvalue weighted by atomic mass is 9.95. The van der Waals surface area contributed by atoms with E-state index in [0.717, 1.165) is 40.4 Å². The lowest BCUT2D eigenvalue weighted by Gasteiger charge is -2.14. The van der Waals surface area contributed by atoms with Crippen molar-refractivity contribution < 1.29 is 14.6 Å². The molecule has 0 radical (unpaired) electrons. The zero-order chi connectivity index (χ0) is 24.1. The fourth-order valence-corrected chi connectivity index (χ4v) is 4.26. The number of fused-ring (bicyclic) bond motifs is 1. The van der Waals surface area contributed by atoms with Crippen molar-refractivity contribution >= 4 is 22.6 Å². The van der Waals surface area contributed by atoms with Gasteiger partial charge in [-0.1, -0.05) is 50.2 Å². The maximum absolute atomic E-state index is 11.6. The summed E-state index contributed by atoms with van der Waals surface area (Å²) in [5.41, 5.74) is 3.94. The van der Waals surface area contributed by atoms with Crippen LogP contribution in [0.15, 0.2) is 67.0 Å². The Hall–Kier alpha value is -3.93.